The van der Waals surface area contributed by atoms with Gasteiger partial charge in [-0.25, -0.2) is 4.79 Å². The average Bonchev–Trinajstić information content (AvgIpc) is 3.17. The summed E-state index contributed by atoms with van der Waals surface area (Å²) in [6.07, 6.45) is 1.08. The van der Waals surface area contributed by atoms with Crippen LogP contribution >= 0.6 is 0 Å². The maximum atomic E-state index is 13.0. The molecule has 2 rings (SSSR count). The van der Waals surface area contributed by atoms with Crippen molar-refractivity contribution in [1.29, 1.82) is 5.41 Å². The number of amides is 2. The van der Waals surface area contributed by atoms with E-state index in [9.17, 15) is 24.6 Å². The van der Waals surface area contributed by atoms with E-state index in [1.165, 1.54) is 6.92 Å². The zero-order chi connectivity index (χ0) is 24.5. The van der Waals surface area contributed by atoms with E-state index in [1.54, 1.807) is 6.20 Å². The highest BCUT2D eigenvalue weighted by Crippen LogP contribution is 2.19. The van der Waals surface area contributed by atoms with Gasteiger partial charge in [-0.2, -0.15) is 0 Å². The number of para-hydroxylation sites is 1. The lowest BCUT2D eigenvalue weighted by Crippen LogP contribution is -2.57. The summed E-state index contributed by atoms with van der Waals surface area (Å²) >= 11 is 0. The number of benzene rings is 1. The summed E-state index contributed by atoms with van der Waals surface area (Å²) < 4.78 is 0. The fraction of sp³-hybridized carbons (Fsp3) is 0.429. The molecule has 0 aliphatic carbocycles. The molecule has 12 heteroatoms. The lowest BCUT2D eigenvalue weighted by molar-refractivity contribution is -0.142. The summed E-state index contributed by atoms with van der Waals surface area (Å²) in [5.41, 5.74) is 12.5. The van der Waals surface area contributed by atoms with E-state index in [2.05, 4.69) is 20.9 Å². The smallest absolute Gasteiger partial charge is 0.326 e. The SMILES string of the molecule is C[C@@H](O)[C@H](N)C(=O)N[C@@H](Cc1c[nH]c2ccccc12)C(=O)N[C@@H](CCCNC(=N)N)C(=O)O. The molecule has 1 heterocycles. The number of carboxylic acids is 1. The summed E-state index contributed by atoms with van der Waals surface area (Å²) in [6, 6.07) is 3.84. The third kappa shape index (κ3) is 7.47. The molecule has 0 radical (unpaired) electrons. The zero-order valence-electron chi connectivity index (χ0n) is 18.3. The van der Waals surface area contributed by atoms with Gasteiger partial charge in [0.25, 0.3) is 0 Å². The predicted molar refractivity (Wildman–Crippen MR) is 122 cm³/mol. The topological polar surface area (TPSA) is 219 Å². The Balaban J connectivity index is 2.17. The molecule has 0 aliphatic rings. The van der Waals surface area contributed by atoms with Gasteiger partial charge in [0, 0.05) is 30.1 Å². The monoisotopic (exact) mass is 461 g/mol. The number of aromatic amines is 1. The van der Waals surface area contributed by atoms with Gasteiger partial charge in [0.1, 0.15) is 18.1 Å². The molecule has 2 amide bonds. The van der Waals surface area contributed by atoms with Crippen LogP contribution < -0.4 is 27.4 Å². The molecule has 4 atom stereocenters. The van der Waals surface area contributed by atoms with E-state index in [1.807, 2.05) is 24.3 Å². The molecule has 0 saturated carbocycles. The van der Waals surface area contributed by atoms with Crippen molar-refractivity contribution in [3.05, 3.63) is 36.0 Å². The Labute approximate surface area is 190 Å². The second-order valence-corrected chi connectivity index (χ2v) is 7.77. The van der Waals surface area contributed by atoms with Crippen LogP contribution in [0.4, 0.5) is 0 Å². The van der Waals surface area contributed by atoms with Crippen molar-refractivity contribution in [1.82, 2.24) is 20.9 Å². The Kier molecular flexibility index (Phi) is 9.18. The summed E-state index contributed by atoms with van der Waals surface area (Å²) in [5, 5.41) is 34.7. The van der Waals surface area contributed by atoms with E-state index in [-0.39, 0.29) is 25.3 Å². The fourth-order valence-electron chi connectivity index (χ4n) is 3.28. The number of aliphatic hydroxyl groups excluding tert-OH is 1. The highest BCUT2D eigenvalue weighted by atomic mass is 16.4. The largest absolute Gasteiger partial charge is 0.480 e. The van der Waals surface area contributed by atoms with Crippen LogP contribution in [0.5, 0.6) is 0 Å². The predicted octanol–water partition coefficient (Wildman–Crippen LogP) is -1.26. The van der Waals surface area contributed by atoms with Crippen LogP contribution in [-0.4, -0.2) is 69.7 Å². The number of guanidine groups is 1. The van der Waals surface area contributed by atoms with Crippen molar-refractivity contribution in [2.45, 2.75) is 50.4 Å². The van der Waals surface area contributed by atoms with E-state index in [0.717, 1.165) is 16.5 Å². The minimum atomic E-state index is -1.25. The van der Waals surface area contributed by atoms with Crippen molar-refractivity contribution in [2.24, 2.45) is 11.5 Å². The van der Waals surface area contributed by atoms with Gasteiger partial charge in [0.05, 0.1) is 6.10 Å². The number of carbonyl (C=O) groups is 3. The summed E-state index contributed by atoms with van der Waals surface area (Å²) in [6.45, 7) is 1.63. The third-order valence-electron chi connectivity index (χ3n) is 5.15. The number of aliphatic carboxylic acids is 1. The van der Waals surface area contributed by atoms with Crippen molar-refractivity contribution in [3.63, 3.8) is 0 Å². The second-order valence-electron chi connectivity index (χ2n) is 7.77. The normalized spacial score (nSPS) is 14.6. The standard InChI is InChI=1S/C21H31N7O5/c1-11(29)17(22)19(31)28-16(9-12-10-26-14-6-3-2-5-13(12)14)18(30)27-15(20(32)33)7-4-8-25-21(23)24/h2-3,5-6,10-11,15-17,26,29H,4,7-9,22H2,1H3,(H,27,30)(H,28,31)(H,32,33)(H4,23,24,25)/t11-,15+,16+,17+/m1/s1. The molecule has 0 fully saturated rings. The van der Waals surface area contributed by atoms with Crippen LogP contribution in [0.2, 0.25) is 0 Å². The fourth-order valence-corrected chi connectivity index (χ4v) is 3.28. The van der Waals surface area contributed by atoms with Gasteiger partial charge in [-0.3, -0.25) is 15.0 Å². The first-order valence-corrected chi connectivity index (χ1v) is 10.5. The number of aliphatic hydroxyl groups is 1. The van der Waals surface area contributed by atoms with Gasteiger partial charge in [0.15, 0.2) is 5.96 Å². The van der Waals surface area contributed by atoms with Crippen LogP contribution in [-0.2, 0) is 20.8 Å². The molecule has 0 unspecified atom stereocenters. The van der Waals surface area contributed by atoms with Gasteiger partial charge in [0.2, 0.25) is 11.8 Å². The molecule has 12 nitrogen and oxygen atoms in total. The number of rotatable bonds is 12. The summed E-state index contributed by atoms with van der Waals surface area (Å²) in [4.78, 5) is 40.2. The first-order chi connectivity index (χ1) is 15.6. The maximum Gasteiger partial charge on any atom is 0.326 e. The van der Waals surface area contributed by atoms with Gasteiger partial charge >= 0.3 is 5.97 Å². The number of carbonyl (C=O) groups excluding carboxylic acids is 2. The van der Waals surface area contributed by atoms with Crippen molar-refractivity contribution >= 4 is 34.6 Å². The molecule has 180 valence electrons. The van der Waals surface area contributed by atoms with Crippen LogP contribution in [0.1, 0.15) is 25.3 Å². The van der Waals surface area contributed by atoms with E-state index in [0.29, 0.717) is 6.42 Å². The summed E-state index contributed by atoms with van der Waals surface area (Å²) in [5.74, 6) is -2.90. The molecule has 0 saturated heterocycles. The Morgan fingerprint density at radius 1 is 1.15 bits per heavy atom. The van der Waals surface area contributed by atoms with Crippen molar-refractivity contribution in [2.75, 3.05) is 6.54 Å². The maximum absolute atomic E-state index is 13.0. The number of nitrogens with one attached hydrogen (secondary N) is 5. The van der Waals surface area contributed by atoms with Crippen LogP contribution in [0.25, 0.3) is 10.9 Å². The van der Waals surface area contributed by atoms with Gasteiger partial charge in [-0.1, -0.05) is 18.2 Å². The Morgan fingerprint density at radius 2 is 1.82 bits per heavy atom. The molecule has 0 aliphatic heterocycles. The number of aromatic nitrogens is 1. The molecule has 33 heavy (non-hydrogen) atoms. The lowest BCUT2D eigenvalue weighted by atomic mass is 10.0. The first kappa shape index (κ1) is 25.6. The highest BCUT2D eigenvalue weighted by molar-refractivity contribution is 5.93. The molecule has 2 aromatic rings. The Morgan fingerprint density at radius 3 is 2.45 bits per heavy atom. The molecule has 1 aromatic heterocycles. The number of fused-ring (bicyclic) bond motifs is 1. The number of nitrogens with two attached hydrogens (primary N) is 2. The number of carboxylic acid groups (broad SMARTS) is 1. The molecule has 0 spiro atoms. The average molecular weight is 462 g/mol. The first-order valence-electron chi connectivity index (χ1n) is 10.5. The lowest BCUT2D eigenvalue weighted by Gasteiger charge is -2.23. The van der Waals surface area contributed by atoms with E-state index < -0.39 is 42.0 Å². The van der Waals surface area contributed by atoms with Crippen molar-refractivity contribution < 1.29 is 24.6 Å². The number of hydrogen-bond acceptors (Lipinski definition) is 6. The highest BCUT2D eigenvalue weighted by Gasteiger charge is 2.29. The van der Waals surface area contributed by atoms with Crippen LogP contribution in [0, 0.1) is 5.41 Å². The van der Waals surface area contributed by atoms with E-state index in [4.69, 9.17) is 16.9 Å². The quantitative estimate of drug-likeness (QED) is 0.105. The minimum absolute atomic E-state index is 0.0757. The molecular weight excluding hydrogens is 430 g/mol. The molecular formula is C21H31N7O5. The molecule has 0 bridgehead atoms. The van der Waals surface area contributed by atoms with Gasteiger partial charge in [-0.05, 0) is 31.4 Å². The summed E-state index contributed by atoms with van der Waals surface area (Å²) in [7, 11) is 0. The van der Waals surface area contributed by atoms with Crippen LogP contribution in [0.3, 0.4) is 0 Å². The van der Waals surface area contributed by atoms with E-state index >= 15 is 0 Å². The van der Waals surface area contributed by atoms with Crippen LogP contribution in [0.15, 0.2) is 30.5 Å². The number of hydrogen-bond donors (Lipinski definition) is 9. The third-order valence-corrected chi connectivity index (χ3v) is 5.15. The second kappa shape index (κ2) is 11.8. The zero-order valence-corrected chi connectivity index (χ0v) is 18.3. The number of H-pyrrole nitrogens is 1. The Hall–Kier alpha value is -3.64. The Bertz CT molecular complexity index is 990. The van der Waals surface area contributed by atoms with Gasteiger partial charge in [-0.15, -0.1) is 0 Å². The van der Waals surface area contributed by atoms with Gasteiger partial charge < -0.3 is 42.6 Å². The molecule has 11 N–H and O–H groups in total. The van der Waals surface area contributed by atoms with Crippen molar-refractivity contribution in [3.8, 4) is 0 Å². The minimum Gasteiger partial charge on any atom is -0.480 e. The molecule has 1 aromatic carbocycles.